The number of nitrogens with one attached hydrogen (secondary N) is 1. The van der Waals surface area contributed by atoms with E-state index in [9.17, 15) is 13.6 Å². The summed E-state index contributed by atoms with van der Waals surface area (Å²) >= 11 is 0. The standard InChI is InChI=1S/C13H16F2N2O.ClH/c14-10-5-2-6-11(12(10)15)17-13(18)9-4-1-3-8(9)7-16;/h2,5-6,8-9H,1,3-4,7,16H2,(H,17,18);1H/t8-,9-;/m1./s1. The first kappa shape index (κ1) is 15.9. The molecule has 2 atom stereocenters. The van der Waals surface area contributed by atoms with Crippen LogP contribution in [0.2, 0.25) is 0 Å². The van der Waals surface area contributed by atoms with Gasteiger partial charge in [0, 0.05) is 5.92 Å². The molecule has 0 aliphatic heterocycles. The summed E-state index contributed by atoms with van der Waals surface area (Å²) in [5.41, 5.74) is 5.49. The van der Waals surface area contributed by atoms with E-state index in [2.05, 4.69) is 5.32 Å². The Balaban J connectivity index is 0.00000180. The molecule has 0 unspecified atom stereocenters. The lowest BCUT2D eigenvalue weighted by molar-refractivity contribution is -0.120. The zero-order valence-electron chi connectivity index (χ0n) is 10.4. The minimum Gasteiger partial charge on any atom is -0.330 e. The van der Waals surface area contributed by atoms with Gasteiger partial charge in [-0.05, 0) is 37.4 Å². The van der Waals surface area contributed by atoms with E-state index in [-0.39, 0.29) is 35.8 Å². The first-order chi connectivity index (χ1) is 8.63. The molecule has 1 aliphatic carbocycles. The molecule has 2 rings (SSSR count). The van der Waals surface area contributed by atoms with Gasteiger partial charge in [0.05, 0.1) is 5.69 Å². The van der Waals surface area contributed by atoms with Gasteiger partial charge >= 0.3 is 0 Å². The topological polar surface area (TPSA) is 55.1 Å². The average molecular weight is 291 g/mol. The number of benzene rings is 1. The van der Waals surface area contributed by atoms with Crippen molar-refractivity contribution in [3.63, 3.8) is 0 Å². The van der Waals surface area contributed by atoms with Crippen LogP contribution in [0.1, 0.15) is 19.3 Å². The molecule has 0 saturated heterocycles. The fourth-order valence-electron chi connectivity index (χ4n) is 2.49. The summed E-state index contributed by atoms with van der Waals surface area (Å²) < 4.78 is 26.4. The van der Waals surface area contributed by atoms with Crippen molar-refractivity contribution in [3.05, 3.63) is 29.8 Å². The Morgan fingerprint density at radius 3 is 2.79 bits per heavy atom. The van der Waals surface area contributed by atoms with Crippen molar-refractivity contribution in [1.29, 1.82) is 0 Å². The minimum atomic E-state index is -1.02. The van der Waals surface area contributed by atoms with Gasteiger partial charge in [0.2, 0.25) is 5.91 Å². The lowest BCUT2D eigenvalue weighted by Crippen LogP contribution is -2.30. The lowest BCUT2D eigenvalue weighted by Gasteiger charge is -2.17. The molecule has 0 heterocycles. The fraction of sp³-hybridized carbons (Fsp3) is 0.462. The Morgan fingerprint density at radius 2 is 2.11 bits per heavy atom. The summed E-state index contributed by atoms with van der Waals surface area (Å²) in [4.78, 5) is 12.0. The third-order valence-electron chi connectivity index (χ3n) is 3.51. The first-order valence-corrected chi connectivity index (χ1v) is 6.08. The number of hydrogen-bond donors (Lipinski definition) is 2. The Bertz CT molecular complexity index is 456. The normalized spacial score (nSPS) is 21.8. The van der Waals surface area contributed by atoms with E-state index >= 15 is 0 Å². The molecule has 1 saturated carbocycles. The summed E-state index contributed by atoms with van der Waals surface area (Å²) in [5.74, 6) is -2.31. The molecule has 3 N–H and O–H groups in total. The van der Waals surface area contributed by atoms with Crippen LogP contribution < -0.4 is 11.1 Å². The van der Waals surface area contributed by atoms with Crippen LogP contribution >= 0.6 is 12.4 Å². The van der Waals surface area contributed by atoms with Gasteiger partial charge in [0.1, 0.15) is 0 Å². The van der Waals surface area contributed by atoms with Crippen molar-refractivity contribution < 1.29 is 13.6 Å². The smallest absolute Gasteiger partial charge is 0.227 e. The molecule has 6 heteroatoms. The minimum absolute atomic E-state index is 0. The van der Waals surface area contributed by atoms with Crippen LogP contribution in [-0.2, 0) is 4.79 Å². The Kier molecular flexibility index (Phi) is 5.69. The molecule has 0 spiro atoms. The van der Waals surface area contributed by atoms with Gasteiger partial charge < -0.3 is 11.1 Å². The van der Waals surface area contributed by atoms with Gasteiger partial charge in [-0.15, -0.1) is 12.4 Å². The van der Waals surface area contributed by atoms with Crippen molar-refractivity contribution in [2.45, 2.75) is 19.3 Å². The van der Waals surface area contributed by atoms with Gasteiger partial charge in [-0.3, -0.25) is 4.79 Å². The molecule has 1 aromatic rings. The zero-order chi connectivity index (χ0) is 13.1. The van der Waals surface area contributed by atoms with Crippen LogP contribution in [0, 0.1) is 23.5 Å². The quantitative estimate of drug-likeness (QED) is 0.899. The summed E-state index contributed by atoms with van der Waals surface area (Å²) in [6.07, 6.45) is 2.62. The maximum Gasteiger partial charge on any atom is 0.227 e. The number of carbonyl (C=O) groups is 1. The van der Waals surface area contributed by atoms with Crippen LogP contribution in [0.5, 0.6) is 0 Å². The Morgan fingerprint density at radius 1 is 1.37 bits per heavy atom. The number of nitrogens with two attached hydrogens (primary N) is 1. The highest BCUT2D eigenvalue weighted by Gasteiger charge is 2.32. The van der Waals surface area contributed by atoms with E-state index < -0.39 is 11.6 Å². The SMILES string of the molecule is Cl.NC[C@H]1CCC[C@H]1C(=O)Nc1cccc(F)c1F. The molecule has 3 nitrogen and oxygen atoms in total. The maximum atomic E-state index is 13.4. The largest absolute Gasteiger partial charge is 0.330 e. The summed E-state index contributed by atoms with van der Waals surface area (Å²) in [6.45, 7) is 0.448. The molecule has 19 heavy (non-hydrogen) atoms. The molecule has 0 bridgehead atoms. The summed E-state index contributed by atoms with van der Waals surface area (Å²) in [6, 6.07) is 3.73. The highest BCUT2D eigenvalue weighted by Crippen LogP contribution is 2.32. The maximum absolute atomic E-state index is 13.4. The van der Waals surface area contributed by atoms with Crippen LogP contribution in [0.4, 0.5) is 14.5 Å². The zero-order valence-corrected chi connectivity index (χ0v) is 11.2. The van der Waals surface area contributed by atoms with Gasteiger partial charge in [0.15, 0.2) is 11.6 Å². The second kappa shape index (κ2) is 6.82. The van der Waals surface area contributed by atoms with Crippen LogP contribution in [0.25, 0.3) is 0 Å². The predicted molar refractivity (Wildman–Crippen MR) is 72.1 cm³/mol. The van der Waals surface area contributed by atoms with Crippen LogP contribution in [0.3, 0.4) is 0 Å². The number of amides is 1. The molecular formula is C13H17ClF2N2O. The van der Waals surface area contributed by atoms with E-state index in [0.29, 0.717) is 6.54 Å². The molecule has 0 aromatic heterocycles. The average Bonchev–Trinajstić information content (AvgIpc) is 2.83. The molecule has 1 aliphatic rings. The number of hydrogen-bond acceptors (Lipinski definition) is 2. The van der Waals surface area contributed by atoms with Crippen LogP contribution in [-0.4, -0.2) is 12.5 Å². The van der Waals surface area contributed by atoms with Gasteiger partial charge in [-0.2, -0.15) is 0 Å². The van der Waals surface area contributed by atoms with Crippen LogP contribution in [0.15, 0.2) is 18.2 Å². The second-order valence-electron chi connectivity index (χ2n) is 4.62. The van der Waals surface area contributed by atoms with Crippen molar-refractivity contribution >= 4 is 24.0 Å². The van der Waals surface area contributed by atoms with E-state index in [4.69, 9.17) is 5.73 Å². The van der Waals surface area contributed by atoms with Crippen molar-refractivity contribution in [3.8, 4) is 0 Å². The van der Waals surface area contributed by atoms with Gasteiger partial charge in [-0.25, -0.2) is 8.78 Å². The highest BCUT2D eigenvalue weighted by atomic mass is 35.5. The lowest BCUT2D eigenvalue weighted by atomic mass is 9.95. The number of rotatable bonds is 3. The molecule has 0 radical (unpaired) electrons. The van der Waals surface area contributed by atoms with E-state index in [0.717, 1.165) is 25.3 Å². The second-order valence-corrected chi connectivity index (χ2v) is 4.62. The molecule has 106 valence electrons. The van der Waals surface area contributed by atoms with Crippen molar-refractivity contribution in [1.82, 2.24) is 0 Å². The monoisotopic (exact) mass is 290 g/mol. The van der Waals surface area contributed by atoms with Crippen molar-refractivity contribution in [2.75, 3.05) is 11.9 Å². The van der Waals surface area contributed by atoms with Gasteiger partial charge in [0.25, 0.3) is 0 Å². The number of carbonyl (C=O) groups excluding carboxylic acids is 1. The third-order valence-corrected chi connectivity index (χ3v) is 3.51. The van der Waals surface area contributed by atoms with E-state index in [1.54, 1.807) is 0 Å². The first-order valence-electron chi connectivity index (χ1n) is 6.08. The molecule has 1 aromatic carbocycles. The Labute approximate surface area is 117 Å². The summed E-state index contributed by atoms with van der Waals surface area (Å²) in [7, 11) is 0. The van der Waals surface area contributed by atoms with Crippen molar-refractivity contribution in [2.24, 2.45) is 17.6 Å². The Hall–Kier alpha value is -1.20. The fourth-order valence-corrected chi connectivity index (χ4v) is 2.49. The molecular weight excluding hydrogens is 274 g/mol. The number of halogens is 3. The molecule has 1 amide bonds. The van der Waals surface area contributed by atoms with Gasteiger partial charge in [-0.1, -0.05) is 12.5 Å². The summed E-state index contributed by atoms with van der Waals surface area (Å²) in [5, 5.41) is 2.45. The van der Waals surface area contributed by atoms with E-state index in [1.807, 2.05) is 0 Å². The number of anilines is 1. The highest BCUT2D eigenvalue weighted by molar-refractivity contribution is 5.93. The van der Waals surface area contributed by atoms with E-state index in [1.165, 1.54) is 12.1 Å². The molecule has 1 fully saturated rings. The predicted octanol–water partition coefficient (Wildman–Crippen LogP) is 2.70. The third kappa shape index (κ3) is 3.42.